The van der Waals surface area contributed by atoms with E-state index in [1.807, 2.05) is 64.1 Å². The molecule has 0 aliphatic heterocycles. The van der Waals surface area contributed by atoms with Crippen LogP contribution in [0.1, 0.15) is 89.8 Å². The van der Waals surface area contributed by atoms with Gasteiger partial charge in [-0.2, -0.15) is 0 Å². The Kier molecular flexibility index (Phi) is 12.3. The summed E-state index contributed by atoms with van der Waals surface area (Å²) in [4.78, 5) is 23.3. The van der Waals surface area contributed by atoms with Gasteiger partial charge in [-0.3, -0.25) is 4.79 Å². The summed E-state index contributed by atoms with van der Waals surface area (Å²) in [6.45, 7) is 8.18. The summed E-state index contributed by atoms with van der Waals surface area (Å²) in [5.74, 6) is 1.75. The Morgan fingerprint density at radius 2 is 1.16 bits per heavy atom. The lowest BCUT2D eigenvalue weighted by molar-refractivity contribution is 0.0696. The summed E-state index contributed by atoms with van der Waals surface area (Å²) in [7, 11) is 0. The molecule has 0 saturated heterocycles. The molecule has 2 aliphatic carbocycles. The number of aryl methyl sites for hydroxylation is 6. The molecule has 0 spiro atoms. The van der Waals surface area contributed by atoms with Crippen molar-refractivity contribution in [3.8, 4) is 11.5 Å². The van der Waals surface area contributed by atoms with Crippen LogP contribution in [0.3, 0.4) is 0 Å². The minimum Gasteiger partial charge on any atom is -0.489 e. The van der Waals surface area contributed by atoms with Crippen LogP contribution in [0.15, 0.2) is 94.0 Å². The summed E-state index contributed by atoms with van der Waals surface area (Å²) >= 11 is 0. The van der Waals surface area contributed by atoms with Gasteiger partial charge in [-0.25, -0.2) is 4.79 Å². The van der Waals surface area contributed by atoms with Gasteiger partial charge in [-0.15, -0.1) is 0 Å². The van der Waals surface area contributed by atoms with Crippen molar-refractivity contribution in [3.05, 3.63) is 152 Å². The average Bonchev–Trinajstić information content (AvgIpc) is 4.00. The van der Waals surface area contributed by atoms with Gasteiger partial charge in [-0.1, -0.05) is 34.6 Å². The van der Waals surface area contributed by atoms with Crippen molar-refractivity contribution < 1.29 is 33.2 Å². The quantitative estimate of drug-likeness (QED) is 0.122. The monoisotopic (exact) mass is 742 g/mol. The summed E-state index contributed by atoms with van der Waals surface area (Å²) in [6, 6.07) is 25.8. The second-order valence-electron chi connectivity index (χ2n) is 13.6. The van der Waals surface area contributed by atoms with Gasteiger partial charge >= 0.3 is 5.97 Å². The van der Waals surface area contributed by atoms with E-state index in [1.165, 1.54) is 53.6 Å². The van der Waals surface area contributed by atoms with Crippen molar-refractivity contribution in [2.24, 2.45) is 0 Å². The Labute approximate surface area is 320 Å². The zero-order valence-electron chi connectivity index (χ0n) is 31.6. The maximum absolute atomic E-state index is 12.6. The molecule has 284 valence electrons. The van der Waals surface area contributed by atoms with Gasteiger partial charge in [0, 0.05) is 16.9 Å². The number of aromatic carboxylic acids is 1. The van der Waals surface area contributed by atoms with Gasteiger partial charge < -0.3 is 34.7 Å². The highest BCUT2D eigenvalue weighted by Crippen LogP contribution is 2.29. The third kappa shape index (κ3) is 9.61. The molecule has 11 nitrogen and oxygen atoms in total. The molecule has 6 aromatic rings. The lowest BCUT2D eigenvalue weighted by Crippen LogP contribution is -2.13. The summed E-state index contributed by atoms with van der Waals surface area (Å²) in [5, 5.41) is 19.6. The summed E-state index contributed by atoms with van der Waals surface area (Å²) in [6.07, 6.45) is 6.96. The number of benzene rings is 4. The highest BCUT2D eigenvalue weighted by atomic mass is 16.5. The van der Waals surface area contributed by atoms with Gasteiger partial charge in [0.05, 0.1) is 28.1 Å². The van der Waals surface area contributed by atoms with Gasteiger partial charge in [0.25, 0.3) is 5.91 Å². The third-order valence-corrected chi connectivity index (χ3v) is 9.92. The fraction of sp³-hybridized carbons (Fsp3) is 0.273. The number of fused-ring (bicyclic) bond motifs is 2. The Bertz CT molecular complexity index is 2220. The van der Waals surface area contributed by atoms with Crippen LogP contribution in [0.4, 0.5) is 11.4 Å². The standard InChI is InChI=1S/C22H22N2O3.C13H13NO4.C9H11N/c1-14-20(15(2)27-24-14)13-26-18-11-9-17(10-12-18)22(25)23-21-8-4-6-16-5-3-7-19(16)21;1-8-12(9(2)18-14-8)7-17-11-5-3-10(4-6-11)13(15)16;10-9-6-2-4-7-3-1-5-8(7)9/h4,6,8-12H,3,5,7,13H2,1-2H3,(H,23,25);3-6H,7H2,1-2H3,(H,15,16);2,4,6H,1,3,5,10H2. The van der Waals surface area contributed by atoms with Crippen molar-refractivity contribution in [1.82, 2.24) is 10.3 Å². The van der Waals surface area contributed by atoms with E-state index in [0.717, 1.165) is 64.7 Å². The van der Waals surface area contributed by atoms with E-state index in [0.29, 0.717) is 30.3 Å². The minimum atomic E-state index is -0.952. The molecule has 1 amide bonds. The number of hydrogen-bond acceptors (Lipinski definition) is 9. The highest BCUT2D eigenvalue weighted by Gasteiger charge is 2.17. The number of aromatic nitrogens is 2. The minimum absolute atomic E-state index is 0.104. The number of nitrogens with zero attached hydrogens (tertiary/aromatic N) is 2. The summed E-state index contributed by atoms with van der Waals surface area (Å²) < 4.78 is 21.5. The van der Waals surface area contributed by atoms with Gasteiger partial charge in [0.1, 0.15) is 36.2 Å². The maximum atomic E-state index is 12.6. The van der Waals surface area contributed by atoms with Crippen LogP contribution >= 0.6 is 0 Å². The van der Waals surface area contributed by atoms with Crippen molar-refractivity contribution in [2.75, 3.05) is 11.1 Å². The number of nitrogens with one attached hydrogen (secondary N) is 1. The van der Waals surface area contributed by atoms with E-state index in [1.54, 1.807) is 24.3 Å². The maximum Gasteiger partial charge on any atom is 0.335 e. The molecular weight excluding hydrogens is 697 g/mol. The number of carbonyl (C=O) groups is 2. The number of rotatable bonds is 9. The first-order valence-electron chi connectivity index (χ1n) is 18.4. The Balaban J connectivity index is 0.000000157. The molecule has 0 radical (unpaired) electrons. The molecule has 4 aromatic carbocycles. The number of ether oxygens (including phenoxy) is 2. The van der Waals surface area contributed by atoms with Crippen LogP contribution in [0.2, 0.25) is 0 Å². The van der Waals surface area contributed by atoms with Crippen LogP contribution in [-0.2, 0) is 38.9 Å². The molecule has 4 N–H and O–H groups in total. The summed E-state index contributed by atoms with van der Waals surface area (Å²) in [5.41, 5.74) is 17.5. The Morgan fingerprint density at radius 3 is 1.65 bits per heavy atom. The molecule has 2 aromatic heterocycles. The Morgan fingerprint density at radius 1 is 0.673 bits per heavy atom. The number of anilines is 2. The van der Waals surface area contributed by atoms with Crippen LogP contribution in [0.25, 0.3) is 0 Å². The first-order chi connectivity index (χ1) is 26.6. The van der Waals surface area contributed by atoms with Crippen molar-refractivity contribution >= 4 is 23.3 Å². The number of carboxylic acid groups (broad SMARTS) is 1. The predicted octanol–water partition coefficient (Wildman–Crippen LogP) is 8.94. The smallest absolute Gasteiger partial charge is 0.335 e. The largest absolute Gasteiger partial charge is 0.489 e. The average molecular weight is 743 g/mol. The van der Waals surface area contributed by atoms with Crippen molar-refractivity contribution in [2.45, 2.75) is 79.4 Å². The number of amides is 1. The van der Waals surface area contributed by atoms with E-state index in [2.05, 4.69) is 27.8 Å². The fourth-order valence-corrected chi connectivity index (χ4v) is 6.70. The topological polar surface area (TPSA) is 163 Å². The molecule has 2 aliphatic rings. The second kappa shape index (κ2) is 17.6. The van der Waals surface area contributed by atoms with Crippen LogP contribution in [0.5, 0.6) is 11.5 Å². The van der Waals surface area contributed by atoms with Gasteiger partial charge in [0.2, 0.25) is 0 Å². The molecule has 8 rings (SSSR count). The number of nitrogens with two attached hydrogens (primary N) is 1. The molecule has 0 fully saturated rings. The van der Waals surface area contributed by atoms with Crippen molar-refractivity contribution in [1.29, 1.82) is 0 Å². The first kappa shape index (κ1) is 38.4. The number of carboxylic acids is 1. The van der Waals surface area contributed by atoms with E-state index >= 15 is 0 Å². The second-order valence-corrected chi connectivity index (χ2v) is 13.6. The van der Waals surface area contributed by atoms with Crippen LogP contribution in [0, 0.1) is 27.7 Å². The molecular formula is C44H46N4O7. The normalized spacial score (nSPS) is 12.4. The lowest BCUT2D eigenvalue weighted by Gasteiger charge is -2.11. The molecule has 0 atom stereocenters. The van der Waals surface area contributed by atoms with Crippen molar-refractivity contribution in [3.63, 3.8) is 0 Å². The van der Waals surface area contributed by atoms with Crippen LogP contribution in [-0.4, -0.2) is 27.3 Å². The molecule has 11 heteroatoms. The van der Waals surface area contributed by atoms with E-state index < -0.39 is 5.97 Å². The third-order valence-electron chi connectivity index (χ3n) is 9.92. The molecule has 55 heavy (non-hydrogen) atoms. The lowest BCUT2D eigenvalue weighted by atomic mass is 10.1. The highest BCUT2D eigenvalue weighted by molar-refractivity contribution is 6.04. The zero-order valence-corrected chi connectivity index (χ0v) is 31.6. The van der Waals surface area contributed by atoms with Crippen LogP contribution < -0.4 is 20.5 Å². The van der Waals surface area contributed by atoms with E-state index in [9.17, 15) is 9.59 Å². The number of nitrogen functional groups attached to an aromatic ring is 1. The van der Waals surface area contributed by atoms with E-state index in [4.69, 9.17) is 29.4 Å². The van der Waals surface area contributed by atoms with E-state index in [-0.39, 0.29) is 11.5 Å². The molecule has 0 unspecified atom stereocenters. The van der Waals surface area contributed by atoms with Gasteiger partial charge in [0.15, 0.2) is 0 Å². The molecule has 2 heterocycles. The SMILES string of the molecule is Cc1noc(C)c1COc1ccc(C(=O)Nc2cccc3c2CCC3)cc1.Cc1noc(C)c1COc1ccc(C(=O)O)cc1.Nc1cccc2c1CCC2. The zero-order chi connectivity index (χ0) is 38.9. The van der Waals surface area contributed by atoms with Gasteiger partial charge in [-0.05, 0) is 149 Å². The molecule has 0 bridgehead atoms. The molecule has 0 saturated carbocycles. The predicted molar refractivity (Wildman–Crippen MR) is 210 cm³/mol. The number of carbonyl (C=O) groups excluding carboxylic acids is 1. The first-order valence-corrected chi connectivity index (χ1v) is 18.4. The Hall–Kier alpha value is -6.36. The number of hydrogen-bond donors (Lipinski definition) is 3. The fourth-order valence-electron chi connectivity index (χ4n) is 6.70.